The predicted molar refractivity (Wildman–Crippen MR) is 76.3 cm³/mol. The molecule has 0 radical (unpaired) electrons. The van der Waals surface area contributed by atoms with Gasteiger partial charge < -0.3 is 15.8 Å². The second-order valence-electron chi connectivity index (χ2n) is 6.29. The lowest BCUT2D eigenvalue weighted by atomic mass is 9.58. The van der Waals surface area contributed by atoms with Gasteiger partial charge in [-0.15, -0.1) is 0 Å². The molecule has 4 nitrogen and oxygen atoms in total. The summed E-state index contributed by atoms with van der Waals surface area (Å²) in [4.78, 5) is 4.32. The van der Waals surface area contributed by atoms with Crippen LogP contribution in [0.4, 0.5) is 5.69 Å². The molecular formula is C15H23N3O. The fraction of sp³-hybridized carbons (Fsp3) is 0.667. The largest absolute Gasteiger partial charge is 0.477 e. The number of hydrogen-bond donors (Lipinski definition) is 2. The Bertz CT molecular complexity index is 419. The highest BCUT2D eigenvalue weighted by atomic mass is 16.5. The van der Waals surface area contributed by atoms with Crippen LogP contribution in [-0.2, 0) is 0 Å². The topological polar surface area (TPSA) is 60.2 Å². The van der Waals surface area contributed by atoms with E-state index < -0.39 is 0 Å². The smallest absolute Gasteiger partial charge is 0.213 e. The fourth-order valence-corrected chi connectivity index (χ4v) is 3.35. The van der Waals surface area contributed by atoms with Gasteiger partial charge >= 0.3 is 0 Å². The minimum atomic E-state index is 0.133. The number of ether oxygens (including phenoxy) is 1. The normalized spacial score (nSPS) is 33.2. The van der Waals surface area contributed by atoms with Crippen LogP contribution in [0.5, 0.6) is 5.88 Å². The second-order valence-corrected chi connectivity index (χ2v) is 6.29. The summed E-state index contributed by atoms with van der Waals surface area (Å²) in [5.74, 6) is 0.725. The maximum atomic E-state index is 6.33. The Balaban J connectivity index is 1.60. The summed E-state index contributed by atoms with van der Waals surface area (Å²) >= 11 is 0. The first kappa shape index (κ1) is 12.7. The van der Waals surface area contributed by atoms with Crippen molar-refractivity contribution in [2.24, 2.45) is 11.1 Å². The molecule has 0 spiro atoms. The minimum absolute atomic E-state index is 0.133. The average molecular weight is 261 g/mol. The Hall–Kier alpha value is -1.29. The molecule has 4 heteroatoms. The Morgan fingerprint density at radius 2 is 1.89 bits per heavy atom. The molecule has 104 valence electrons. The third kappa shape index (κ3) is 2.54. The van der Waals surface area contributed by atoms with Crippen LogP contribution in [0.3, 0.4) is 0 Å². The predicted octanol–water partition coefficient (Wildman–Crippen LogP) is 2.55. The molecule has 0 amide bonds. The van der Waals surface area contributed by atoms with Crippen molar-refractivity contribution >= 4 is 5.69 Å². The highest BCUT2D eigenvalue weighted by Crippen LogP contribution is 2.51. The number of hydrogen-bond acceptors (Lipinski definition) is 4. The van der Waals surface area contributed by atoms with Crippen LogP contribution in [-0.4, -0.2) is 24.2 Å². The maximum absolute atomic E-state index is 6.33. The molecule has 3 aliphatic carbocycles. The van der Waals surface area contributed by atoms with Crippen LogP contribution < -0.4 is 15.8 Å². The van der Waals surface area contributed by atoms with E-state index in [2.05, 4.69) is 10.3 Å². The fourth-order valence-electron chi connectivity index (χ4n) is 3.35. The van der Waals surface area contributed by atoms with Crippen molar-refractivity contribution in [3.8, 4) is 5.88 Å². The van der Waals surface area contributed by atoms with Crippen molar-refractivity contribution in [3.63, 3.8) is 0 Å². The zero-order valence-electron chi connectivity index (χ0n) is 11.6. The van der Waals surface area contributed by atoms with E-state index in [1.54, 1.807) is 6.20 Å². The van der Waals surface area contributed by atoms with E-state index in [0.29, 0.717) is 5.41 Å². The van der Waals surface area contributed by atoms with Gasteiger partial charge in [-0.25, -0.2) is 4.98 Å². The van der Waals surface area contributed by atoms with Gasteiger partial charge in [-0.2, -0.15) is 0 Å². The summed E-state index contributed by atoms with van der Waals surface area (Å²) < 4.78 is 5.92. The summed E-state index contributed by atoms with van der Waals surface area (Å²) in [6.07, 6.45) is 8.89. The van der Waals surface area contributed by atoms with Crippen LogP contribution in [0.1, 0.15) is 38.5 Å². The molecule has 0 aromatic carbocycles. The number of nitrogens with one attached hydrogen (secondary N) is 1. The van der Waals surface area contributed by atoms with E-state index in [1.165, 1.54) is 19.3 Å². The maximum Gasteiger partial charge on any atom is 0.213 e. The first-order chi connectivity index (χ1) is 9.13. The van der Waals surface area contributed by atoms with Crippen molar-refractivity contribution in [2.75, 3.05) is 19.0 Å². The van der Waals surface area contributed by atoms with E-state index in [1.807, 2.05) is 19.2 Å². The van der Waals surface area contributed by atoms with Crippen LogP contribution in [0, 0.1) is 5.41 Å². The zero-order valence-corrected chi connectivity index (χ0v) is 11.6. The van der Waals surface area contributed by atoms with E-state index in [4.69, 9.17) is 10.5 Å². The lowest BCUT2D eigenvalue weighted by Gasteiger charge is -2.51. The van der Waals surface area contributed by atoms with Crippen LogP contribution in [0.15, 0.2) is 18.3 Å². The molecule has 3 fully saturated rings. The number of aromatic nitrogens is 1. The monoisotopic (exact) mass is 261 g/mol. The van der Waals surface area contributed by atoms with Crippen molar-refractivity contribution in [2.45, 2.75) is 44.1 Å². The highest BCUT2D eigenvalue weighted by Gasteiger charge is 2.47. The molecule has 1 heterocycles. The molecule has 4 rings (SSSR count). The van der Waals surface area contributed by atoms with Gasteiger partial charge in [0, 0.05) is 24.1 Å². The SMILES string of the molecule is CNc1ccc(OCC23CCC(N)(CC2)CC3)nc1. The Kier molecular flexibility index (Phi) is 3.13. The lowest BCUT2D eigenvalue weighted by molar-refractivity contribution is 0.00408. The molecule has 3 aliphatic rings. The summed E-state index contributed by atoms with van der Waals surface area (Å²) in [7, 11) is 1.89. The molecule has 3 saturated carbocycles. The van der Waals surface area contributed by atoms with Gasteiger partial charge in [0.15, 0.2) is 0 Å². The van der Waals surface area contributed by atoms with Crippen molar-refractivity contribution in [1.29, 1.82) is 0 Å². The molecule has 19 heavy (non-hydrogen) atoms. The lowest BCUT2D eigenvalue weighted by Crippen LogP contribution is -2.53. The van der Waals surface area contributed by atoms with Gasteiger partial charge in [-0.05, 0) is 44.6 Å². The molecule has 0 saturated heterocycles. The summed E-state index contributed by atoms with van der Waals surface area (Å²) in [6, 6.07) is 3.92. The molecule has 0 aliphatic heterocycles. The minimum Gasteiger partial charge on any atom is -0.477 e. The Labute approximate surface area is 114 Å². The summed E-state index contributed by atoms with van der Waals surface area (Å²) in [5.41, 5.74) is 7.83. The standard InChI is InChI=1S/C15H23N3O/c1-17-12-2-3-13(18-10-12)19-11-14-4-7-15(16,8-5-14)9-6-14/h2-3,10,17H,4-9,11,16H2,1H3. The third-order valence-electron chi connectivity index (χ3n) is 5.01. The number of rotatable bonds is 4. The van der Waals surface area contributed by atoms with E-state index in [9.17, 15) is 0 Å². The van der Waals surface area contributed by atoms with Gasteiger partial charge in [0.2, 0.25) is 5.88 Å². The Morgan fingerprint density at radius 3 is 2.42 bits per heavy atom. The zero-order chi connectivity index (χ0) is 13.3. The number of nitrogens with two attached hydrogens (primary N) is 1. The number of pyridine rings is 1. The number of nitrogens with zero attached hydrogens (tertiary/aromatic N) is 1. The first-order valence-corrected chi connectivity index (χ1v) is 7.19. The van der Waals surface area contributed by atoms with Gasteiger partial charge in [0.25, 0.3) is 0 Å². The number of anilines is 1. The average Bonchev–Trinajstić information content (AvgIpc) is 2.47. The van der Waals surface area contributed by atoms with E-state index in [-0.39, 0.29) is 5.54 Å². The van der Waals surface area contributed by atoms with Crippen molar-refractivity contribution in [3.05, 3.63) is 18.3 Å². The molecule has 1 aromatic rings. The molecule has 0 unspecified atom stereocenters. The molecule has 0 atom stereocenters. The van der Waals surface area contributed by atoms with Crippen LogP contribution in [0.2, 0.25) is 0 Å². The molecule has 2 bridgehead atoms. The van der Waals surface area contributed by atoms with Gasteiger partial charge in [0.1, 0.15) is 0 Å². The van der Waals surface area contributed by atoms with Gasteiger partial charge in [-0.1, -0.05) is 0 Å². The highest BCUT2D eigenvalue weighted by molar-refractivity contribution is 5.41. The van der Waals surface area contributed by atoms with E-state index >= 15 is 0 Å². The van der Waals surface area contributed by atoms with Crippen LogP contribution in [0.25, 0.3) is 0 Å². The molecule has 1 aromatic heterocycles. The van der Waals surface area contributed by atoms with Crippen molar-refractivity contribution < 1.29 is 4.74 Å². The molecular weight excluding hydrogens is 238 g/mol. The molecule has 3 N–H and O–H groups in total. The van der Waals surface area contributed by atoms with Gasteiger partial charge in [0.05, 0.1) is 18.5 Å². The first-order valence-electron chi connectivity index (χ1n) is 7.19. The summed E-state index contributed by atoms with van der Waals surface area (Å²) in [5, 5.41) is 3.06. The van der Waals surface area contributed by atoms with E-state index in [0.717, 1.165) is 37.4 Å². The van der Waals surface area contributed by atoms with Gasteiger partial charge in [-0.3, -0.25) is 0 Å². The Morgan fingerprint density at radius 1 is 1.21 bits per heavy atom. The third-order valence-corrected chi connectivity index (χ3v) is 5.01. The van der Waals surface area contributed by atoms with Crippen molar-refractivity contribution in [1.82, 2.24) is 4.98 Å². The quantitative estimate of drug-likeness (QED) is 0.874. The van der Waals surface area contributed by atoms with Crippen LogP contribution >= 0.6 is 0 Å². The summed E-state index contributed by atoms with van der Waals surface area (Å²) in [6.45, 7) is 0.787. The second kappa shape index (κ2) is 4.67. The number of fused-ring (bicyclic) bond motifs is 3.